The fourth-order valence-electron chi connectivity index (χ4n) is 3.84. The van der Waals surface area contributed by atoms with Crippen LogP contribution in [0.2, 0.25) is 0 Å². The predicted molar refractivity (Wildman–Crippen MR) is 96.1 cm³/mol. The van der Waals surface area contributed by atoms with Gasteiger partial charge in [0.1, 0.15) is 5.75 Å². The maximum absolute atomic E-state index is 12.7. The van der Waals surface area contributed by atoms with Crippen LogP contribution in [0.25, 0.3) is 0 Å². The molecule has 2 amide bonds. The van der Waals surface area contributed by atoms with Crippen LogP contribution in [0.5, 0.6) is 5.75 Å². The quantitative estimate of drug-likeness (QED) is 0.772. The Bertz CT molecular complexity index is 633. The highest BCUT2D eigenvalue weighted by molar-refractivity contribution is 5.89. The third kappa shape index (κ3) is 3.37. The summed E-state index contributed by atoms with van der Waals surface area (Å²) >= 11 is 0. The number of benzene rings is 1. The van der Waals surface area contributed by atoms with Crippen molar-refractivity contribution in [1.29, 1.82) is 0 Å². The molecule has 0 radical (unpaired) electrons. The van der Waals surface area contributed by atoms with E-state index in [1.54, 1.807) is 7.11 Å². The number of rotatable bonds is 5. The molecule has 0 saturated carbocycles. The van der Waals surface area contributed by atoms with E-state index in [9.17, 15) is 9.59 Å². The molecule has 136 valence electrons. The summed E-state index contributed by atoms with van der Waals surface area (Å²) in [5.74, 6) is 1.39. The summed E-state index contributed by atoms with van der Waals surface area (Å²) in [6.07, 6.45) is 2.47. The molecule has 0 aromatic heterocycles. The second-order valence-corrected chi connectivity index (χ2v) is 7.42. The van der Waals surface area contributed by atoms with E-state index < -0.39 is 0 Å². The molecule has 1 spiro atoms. The Balaban J connectivity index is 1.53. The van der Waals surface area contributed by atoms with Gasteiger partial charge in [-0.2, -0.15) is 0 Å². The number of hydrogen-bond donors (Lipinski definition) is 0. The maximum atomic E-state index is 12.7. The lowest BCUT2D eigenvalue weighted by atomic mass is 9.70. The van der Waals surface area contributed by atoms with Gasteiger partial charge in [0.2, 0.25) is 11.8 Å². The summed E-state index contributed by atoms with van der Waals surface area (Å²) < 4.78 is 5.17. The van der Waals surface area contributed by atoms with Crippen molar-refractivity contribution in [3.8, 4) is 5.75 Å². The zero-order valence-corrected chi connectivity index (χ0v) is 15.5. The Labute approximate surface area is 149 Å². The summed E-state index contributed by atoms with van der Waals surface area (Å²) in [6.45, 7) is 6.91. The number of β-lactam (4-membered cyclic amide) rings is 1. The summed E-state index contributed by atoms with van der Waals surface area (Å²) in [6, 6.07) is 7.86. The number of piperidine rings is 1. The van der Waals surface area contributed by atoms with E-state index >= 15 is 0 Å². The molecule has 1 aromatic rings. The number of hydrogen-bond acceptors (Lipinski definition) is 3. The van der Waals surface area contributed by atoms with E-state index in [1.807, 2.05) is 47.9 Å². The van der Waals surface area contributed by atoms with Crippen molar-refractivity contribution in [2.75, 3.05) is 26.7 Å². The summed E-state index contributed by atoms with van der Waals surface area (Å²) in [4.78, 5) is 28.9. The smallest absolute Gasteiger partial charge is 0.231 e. The van der Waals surface area contributed by atoms with Gasteiger partial charge in [0.15, 0.2) is 0 Å². The van der Waals surface area contributed by atoms with Crippen LogP contribution in [-0.2, 0) is 16.1 Å². The predicted octanol–water partition coefficient (Wildman–Crippen LogP) is 2.69. The molecule has 2 saturated heterocycles. The summed E-state index contributed by atoms with van der Waals surface area (Å²) in [7, 11) is 1.65. The first-order chi connectivity index (χ1) is 12.0. The molecule has 25 heavy (non-hydrogen) atoms. The lowest BCUT2D eigenvalue weighted by Gasteiger charge is -2.52. The highest BCUT2D eigenvalue weighted by Crippen LogP contribution is 2.42. The Morgan fingerprint density at radius 1 is 1.24 bits per heavy atom. The van der Waals surface area contributed by atoms with Gasteiger partial charge in [-0.05, 0) is 37.0 Å². The van der Waals surface area contributed by atoms with Gasteiger partial charge >= 0.3 is 0 Å². The van der Waals surface area contributed by atoms with Crippen LogP contribution >= 0.6 is 0 Å². The molecule has 0 N–H and O–H groups in total. The minimum Gasteiger partial charge on any atom is -0.497 e. The van der Waals surface area contributed by atoms with Gasteiger partial charge in [0.25, 0.3) is 0 Å². The Kier molecular flexibility index (Phi) is 5.02. The molecular formula is C20H28N2O3. The summed E-state index contributed by atoms with van der Waals surface area (Å²) in [5, 5.41) is 0. The Morgan fingerprint density at radius 2 is 1.88 bits per heavy atom. The zero-order valence-electron chi connectivity index (χ0n) is 15.5. The van der Waals surface area contributed by atoms with Gasteiger partial charge in [-0.3, -0.25) is 9.59 Å². The molecule has 5 heteroatoms. The molecule has 1 aromatic carbocycles. The first kappa shape index (κ1) is 17.8. The Morgan fingerprint density at radius 3 is 2.40 bits per heavy atom. The second-order valence-electron chi connectivity index (χ2n) is 7.42. The van der Waals surface area contributed by atoms with Gasteiger partial charge in [-0.1, -0.05) is 26.0 Å². The third-order valence-corrected chi connectivity index (χ3v) is 5.83. The number of nitrogens with zero attached hydrogens (tertiary/aromatic N) is 2. The van der Waals surface area contributed by atoms with E-state index in [4.69, 9.17) is 4.74 Å². The minimum atomic E-state index is -0.224. The molecular weight excluding hydrogens is 316 g/mol. The average Bonchev–Trinajstić information content (AvgIpc) is 2.67. The van der Waals surface area contributed by atoms with E-state index in [-0.39, 0.29) is 23.1 Å². The number of ether oxygens (including phenoxy) is 1. The third-order valence-electron chi connectivity index (χ3n) is 5.83. The topological polar surface area (TPSA) is 49.9 Å². The van der Waals surface area contributed by atoms with Crippen molar-refractivity contribution in [2.45, 2.75) is 39.7 Å². The monoisotopic (exact) mass is 344 g/mol. The second kappa shape index (κ2) is 7.06. The van der Waals surface area contributed by atoms with Crippen molar-refractivity contribution in [3.63, 3.8) is 0 Å². The van der Waals surface area contributed by atoms with E-state index in [1.165, 1.54) is 0 Å². The number of likely N-dealkylation sites (tertiary alicyclic amines) is 2. The van der Waals surface area contributed by atoms with Gasteiger partial charge in [0.05, 0.1) is 12.5 Å². The molecule has 2 fully saturated rings. The number of amides is 2. The fraction of sp³-hybridized carbons (Fsp3) is 0.600. The van der Waals surface area contributed by atoms with Crippen molar-refractivity contribution >= 4 is 11.8 Å². The van der Waals surface area contributed by atoms with Crippen LogP contribution in [0.4, 0.5) is 0 Å². The van der Waals surface area contributed by atoms with Crippen LogP contribution in [0.15, 0.2) is 24.3 Å². The first-order valence-corrected chi connectivity index (χ1v) is 9.20. The molecule has 1 unspecified atom stereocenters. The highest BCUT2D eigenvalue weighted by Gasteiger charge is 2.53. The maximum Gasteiger partial charge on any atom is 0.231 e. The van der Waals surface area contributed by atoms with Crippen molar-refractivity contribution in [1.82, 2.24) is 9.80 Å². The van der Waals surface area contributed by atoms with E-state index in [0.29, 0.717) is 19.6 Å². The largest absolute Gasteiger partial charge is 0.497 e. The van der Waals surface area contributed by atoms with E-state index in [0.717, 1.165) is 37.1 Å². The first-order valence-electron chi connectivity index (χ1n) is 9.20. The number of carbonyl (C=O) groups excluding carboxylic acids is 2. The van der Waals surface area contributed by atoms with Crippen molar-refractivity contribution in [2.24, 2.45) is 11.3 Å². The molecule has 2 heterocycles. The Hall–Kier alpha value is -2.04. The van der Waals surface area contributed by atoms with Crippen LogP contribution in [0.3, 0.4) is 0 Å². The molecule has 1 atom stereocenters. The normalized spacial score (nSPS) is 20.4. The minimum absolute atomic E-state index is 0.0812. The van der Waals surface area contributed by atoms with Crippen LogP contribution in [0, 0.1) is 11.3 Å². The standard InChI is InChI=1S/C20H28N2O3/c1-4-15(2)18(23)21-11-9-20(10-12-21)14-22(19(20)24)13-16-5-7-17(25-3)8-6-16/h5-8,15H,4,9-14H2,1-3H3. The summed E-state index contributed by atoms with van der Waals surface area (Å²) in [5.41, 5.74) is 0.895. The van der Waals surface area contributed by atoms with Gasteiger partial charge in [-0.25, -0.2) is 0 Å². The number of methoxy groups -OCH3 is 1. The SMILES string of the molecule is CCC(C)C(=O)N1CCC2(CC1)CN(Cc1ccc(OC)cc1)C2=O. The molecule has 5 nitrogen and oxygen atoms in total. The molecule has 3 rings (SSSR count). The van der Waals surface area contributed by atoms with E-state index in [2.05, 4.69) is 0 Å². The lowest BCUT2D eigenvalue weighted by molar-refractivity contribution is -0.168. The van der Waals surface area contributed by atoms with Crippen LogP contribution < -0.4 is 4.74 Å². The van der Waals surface area contributed by atoms with Gasteiger partial charge in [-0.15, -0.1) is 0 Å². The molecule has 2 aliphatic heterocycles. The van der Waals surface area contributed by atoms with Crippen molar-refractivity contribution in [3.05, 3.63) is 29.8 Å². The molecule has 0 bridgehead atoms. The highest BCUT2D eigenvalue weighted by atomic mass is 16.5. The van der Waals surface area contributed by atoms with Gasteiger partial charge < -0.3 is 14.5 Å². The molecule has 0 aliphatic carbocycles. The molecule has 2 aliphatic rings. The van der Waals surface area contributed by atoms with Gasteiger partial charge in [0, 0.05) is 32.1 Å². The zero-order chi connectivity index (χ0) is 18.0. The van der Waals surface area contributed by atoms with Crippen LogP contribution in [-0.4, -0.2) is 48.4 Å². The van der Waals surface area contributed by atoms with Crippen molar-refractivity contribution < 1.29 is 14.3 Å². The van der Waals surface area contributed by atoms with Crippen LogP contribution in [0.1, 0.15) is 38.7 Å². The number of carbonyl (C=O) groups is 2. The fourth-order valence-corrected chi connectivity index (χ4v) is 3.84. The lowest BCUT2D eigenvalue weighted by Crippen LogP contribution is -2.64. The average molecular weight is 344 g/mol.